The molecule has 2 amide bonds. The number of nitrogens with zero attached hydrogens (tertiary/aromatic N) is 5. The molecule has 0 spiro atoms. The van der Waals surface area contributed by atoms with Crippen molar-refractivity contribution >= 4 is 29.8 Å². The number of nitrogens with one attached hydrogen (secondary N) is 2. The summed E-state index contributed by atoms with van der Waals surface area (Å²) in [6, 6.07) is 14.1. The summed E-state index contributed by atoms with van der Waals surface area (Å²) in [5.41, 5.74) is 3.51. The first kappa shape index (κ1) is 29.8. The SMILES string of the molecule is CC(C)Cc1cc(C(=O)Nc2cc(C3CCCCN3C(=O)C3CCN(c4ccccc4)CC3)[nH]n2)n(C)n1.O=CO. The van der Waals surface area contributed by atoms with E-state index < -0.39 is 0 Å². The number of carbonyl (C=O) groups excluding carboxylic acids is 2. The molecule has 1 unspecified atom stereocenters. The lowest BCUT2D eigenvalue weighted by molar-refractivity contribution is -0.140. The lowest BCUT2D eigenvalue weighted by Gasteiger charge is -2.40. The van der Waals surface area contributed by atoms with Crippen LogP contribution in [-0.4, -0.2) is 67.9 Å². The number of aromatic amines is 1. The number of likely N-dealkylation sites (tertiary alicyclic amines) is 1. The molecule has 2 fully saturated rings. The Morgan fingerprint density at radius 2 is 1.80 bits per heavy atom. The first-order chi connectivity index (χ1) is 19.8. The molecule has 5 rings (SSSR count). The molecule has 3 aromatic rings. The smallest absolute Gasteiger partial charge is 0.290 e. The molecule has 11 heteroatoms. The maximum Gasteiger partial charge on any atom is 0.290 e. The van der Waals surface area contributed by atoms with Gasteiger partial charge in [0.25, 0.3) is 12.4 Å². The molecule has 0 aliphatic carbocycles. The fourth-order valence-electron chi connectivity index (χ4n) is 5.79. The topological polar surface area (TPSA) is 136 Å². The van der Waals surface area contributed by atoms with Crippen LogP contribution in [0.4, 0.5) is 11.5 Å². The minimum absolute atomic E-state index is 0.0440. The summed E-state index contributed by atoms with van der Waals surface area (Å²) in [5.74, 6) is 0.977. The average molecular weight is 564 g/mol. The van der Waals surface area contributed by atoms with Crippen LogP contribution in [0.2, 0.25) is 0 Å². The van der Waals surface area contributed by atoms with Crippen molar-refractivity contribution in [3.05, 3.63) is 59.5 Å². The van der Waals surface area contributed by atoms with Gasteiger partial charge in [-0.15, -0.1) is 0 Å². The lowest BCUT2D eigenvalue weighted by atomic mass is 9.91. The number of piperidine rings is 2. The van der Waals surface area contributed by atoms with Gasteiger partial charge in [-0.1, -0.05) is 32.0 Å². The van der Waals surface area contributed by atoms with Crippen LogP contribution < -0.4 is 10.2 Å². The van der Waals surface area contributed by atoms with Gasteiger partial charge in [0.1, 0.15) is 5.69 Å². The highest BCUT2D eigenvalue weighted by Crippen LogP contribution is 2.34. The summed E-state index contributed by atoms with van der Waals surface area (Å²) >= 11 is 0. The van der Waals surface area contributed by atoms with Crippen LogP contribution in [0.3, 0.4) is 0 Å². The van der Waals surface area contributed by atoms with E-state index in [2.05, 4.69) is 63.6 Å². The highest BCUT2D eigenvalue weighted by atomic mass is 16.3. The minimum atomic E-state index is -0.250. The zero-order valence-corrected chi connectivity index (χ0v) is 24.1. The second-order valence-electron chi connectivity index (χ2n) is 11.2. The van der Waals surface area contributed by atoms with Gasteiger partial charge in [0, 0.05) is 44.4 Å². The largest absolute Gasteiger partial charge is 0.483 e. The molecule has 1 atom stereocenters. The number of H-pyrrole nitrogens is 1. The van der Waals surface area contributed by atoms with Gasteiger partial charge in [-0.3, -0.25) is 24.2 Å². The van der Waals surface area contributed by atoms with Crippen molar-refractivity contribution in [3.8, 4) is 0 Å². The van der Waals surface area contributed by atoms with Crippen molar-refractivity contribution in [2.45, 2.75) is 58.4 Å². The highest BCUT2D eigenvalue weighted by Gasteiger charge is 2.35. The zero-order chi connectivity index (χ0) is 29.4. The number of carbonyl (C=O) groups is 3. The van der Waals surface area contributed by atoms with E-state index in [1.807, 2.05) is 23.1 Å². The quantitative estimate of drug-likeness (QED) is 0.365. The molecule has 3 N–H and O–H groups in total. The fourth-order valence-corrected chi connectivity index (χ4v) is 5.79. The number of carboxylic acid groups (broad SMARTS) is 1. The van der Waals surface area contributed by atoms with Crippen LogP contribution in [0.1, 0.15) is 73.9 Å². The van der Waals surface area contributed by atoms with Crippen LogP contribution in [-0.2, 0) is 23.1 Å². The van der Waals surface area contributed by atoms with E-state index in [0.29, 0.717) is 17.4 Å². The molecule has 4 heterocycles. The first-order valence-electron chi connectivity index (χ1n) is 14.4. The van der Waals surface area contributed by atoms with Crippen LogP contribution >= 0.6 is 0 Å². The molecule has 1 aromatic carbocycles. The summed E-state index contributed by atoms with van der Waals surface area (Å²) in [7, 11) is 1.78. The van der Waals surface area contributed by atoms with Crippen molar-refractivity contribution in [1.29, 1.82) is 0 Å². The van der Waals surface area contributed by atoms with Gasteiger partial charge >= 0.3 is 0 Å². The molecule has 2 aliphatic heterocycles. The molecular weight excluding hydrogens is 522 g/mol. The standard InChI is InChI=1S/C29H39N7O2.CH2O2/c1-20(2)17-22-18-26(34(3)33-22)28(37)30-27-19-24(31-32-27)25-11-7-8-14-36(25)29(38)21-12-15-35(16-13-21)23-9-5-4-6-10-23;2-1-3/h4-6,9-10,18-21,25H,7-8,11-17H2,1-3H3,(H2,30,31,32,37);1H,(H,2,3). The minimum Gasteiger partial charge on any atom is -0.483 e. The van der Waals surface area contributed by atoms with Crippen LogP contribution in [0.15, 0.2) is 42.5 Å². The molecule has 2 saturated heterocycles. The number of aromatic nitrogens is 4. The fraction of sp³-hybridized carbons (Fsp3) is 0.500. The monoisotopic (exact) mass is 563 g/mol. The Hall–Kier alpha value is -4.15. The van der Waals surface area contributed by atoms with Crippen LogP contribution in [0, 0.1) is 11.8 Å². The van der Waals surface area contributed by atoms with Gasteiger partial charge in [0.05, 0.1) is 17.4 Å². The first-order valence-corrected chi connectivity index (χ1v) is 14.4. The average Bonchev–Trinajstić information content (AvgIpc) is 3.59. The summed E-state index contributed by atoms with van der Waals surface area (Å²) in [6.07, 6.45) is 5.53. The van der Waals surface area contributed by atoms with Crippen molar-refractivity contribution in [1.82, 2.24) is 24.9 Å². The zero-order valence-electron chi connectivity index (χ0n) is 24.1. The molecule has 0 radical (unpaired) electrons. The summed E-state index contributed by atoms with van der Waals surface area (Å²) in [6.45, 7) is 6.56. The van der Waals surface area contributed by atoms with Crippen LogP contribution in [0.5, 0.6) is 0 Å². The van der Waals surface area contributed by atoms with Gasteiger partial charge in [-0.2, -0.15) is 10.2 Å². The lowest BCUT2D eigenvalue weighted by Crippen LogP contribution is -2.45. The Morgan fingerprint density at radius 3 is 2.49 bits per heavy atom. The number of rotatable bonds is 7. The maximum atomic E-state index is 13.7. The number of hydrogen-bond donors (Lipinski definition) is 3. The van der Waals surface area contributed by atoms with E-state index in [-0.39, 0.29) is 30.2 Å². The molecular formula is C30H41N7O4. The molecule has 2 aliphatic rings. The van der Waals surface area contributed by atoms with E-state index in [9.17, 15) is 9.59 Å². The van der Waals surface area contributed by atoms with Gasteiger partial charge in [0.15, 0.2) is 5.82 Å². The Morgan fingerprint density at radius 1 is 1.10 bits per heavy atom. The molecule has 220 valence electrons. The molecule has 11 nitrogen and oxygen atoms in total. The Kier molecular flexibility index (Phi) is 10.2. The molecule has 41 heavy (non-hydrogen) atoms. The number of aryl methyl sites for hydroxylation is 1. The predicted molar refractivity (Wildman–Crippen MR) is 157 cm³/mol. The maximum absolute atomic E-state index is 13.7. The predicted octanol–water partition coefficient (Wildman–Crippen LogP) is 4.27. The number of benzene rings is 1. The van der Waals surface area contributed by atoms with Gasteiger partial charge in [0.2, 0.25) is 5.91 Å². The van der Waals surface area contributed by atoms with Crippen molar-refractivity contribution < 1.29 is 19.5 Å². The molecule has 0 bridgehead atoms. The second kappa shape index (κ2) is 14.0. The van der Waals surface area contributed by atoms with Gasteiger partial charge in [-0.25, -0.2) is 0 Å². The third kappa shape index (κ3) is 7.53. The third-order valence-electron chi connectivity index (χ3n) is 7.73. The van der Waals surface area contributed by atoms with Gasteiger partial charge < -0.3 is 20.2 Å². The summed E-state index contributed by atoms with van der Waals surface area (Å²) in [5, 5.41) is 21.7. The van der Waals surface area contributed by atoms with Crippen molar-refractivity contribution in [3.63, 3.8) is 0 Å². The van der Waals surface area contributed by atoms with E-state index in [0.717, 1.165) is 69.5 Å². The molecule has 0 saturated carbocycles. The second-order valence-corrected chi connectivity index (χ2v) is 11.2. The summed E-state index contributed by atoms with van der Waals surface area (Å²) in [4.78, 5) is 39.4. The highest BCUT2D eigenvalue weighted by molar-refractivity contribution is 6.02. The Balaban J connectivity index is 0.00000124. The van der Waals surface area contributed by atoms with Crippen molar-refractivity contribution in [2.24, 2.45) is 18.9 Å². The van der Waals surface area contributed by atoms with Crippen molar-refractivity contribution in [2.75, 3.05) is 29.9 Å². The van der Waals surface area contributed by atoms with E-state index in [4.69, 9.17) is 9.90 Å². The van der Waals surface area contributed by atoms with E-state index in [1.54, 1.807) is 11.7 Å². The van der Waals surface area contributed by atoms with E-state index in [1.165, 1.54) is 5.69 Å². The van der Waals surface area contributed by atoms with E-state index >= 15 is 0 Å². The summed E-state index contributed by atoms with van der Waals surface area (Å²) < 4.78 is 1.62. The van der Waals surface area contributed by atoms with Crippen LogP contribution in [0.25, 0.3) is 0 Å². The number of para-hydroxylation sites is 1. The molecule has 2 aromatic heterocycles. The Bertz CT molecular complexity index is 1300. The third-order valence-corrected chi connectivity index (χ3v) is 7.73. The number of hydrogen-bond acceptors (Lipinski definition) is 6. The Labute approximate surface area is 240 Å². The number of amides is 2. The normalized spacial score (nSPS) is 17.6. The number of anilines is 2. The van der Waals surface area contributed by atoms with Gasteiger partial charge in [-0.05, 0) is 62.6 Å².